The monoisotopic (exact) mass is 332 g/mol. The van der Waals surface area contributed by atoms with Gasteiger partial charge in [-0.2, -0.15) is 10.4 Å². The Labute approximate surface area is 142 Å². The average Bonchev–Trinajstić information content (AvgIpc) is 2.60. The van der Waals surface area contributed by atoms with Crippen molar-refractivity contribution in [2.24, 2.45) is 5.10 Å². The molecule has 0 aliphatic carbocycles. The van der Waals surface area contributed by atoms with Crippen molar-refractivity contribution in [2.75, 3.05) is 39.4 Å². The molecule has 0 amide bonds. The highest BCUT2D eigenvalue weighted by Gasteiger charge is 2.12. The summed E-state index contributed by atoms with van der Waals surface area (Å²) >= 11 is 5.17. The number of hydrogen-bond acceptors (Lipinski definition) is 4. The van der Waals surface area contributed by atoms with Gasteiger partial charge < -0.3 is 15.0 Å². The summed E-state index contributed by atoms with van der Waals surface area (Å²) in [5.74, 6) is 0. The topological polar surface area (TPSA) is 73.9 Å². The third kappa shape index (κ3) is 6.74. The largest absolute Gasteiger partial charge is 0.370 e. The zero-order chi connectivity index (χ0) is 16.3. The van der Waals surface area contributed by atoms with E-state index >= 15 is 0 Å². The molecule has 2 rings (SSSR count). The fraction of sp³-hybridized carbons (Fsp3) is 0.438. The SMILES string of the molecule is N#Cc1ccc(/C=N\NC(=S)NCCC[NH+]2CCOCC2)cc1. The second-order valence-electron chi connectivity index (χ2n) is 5.33. The molecule has 0 radical (unpaired) electrons. The van der Waals surface area contributed by atoms with Crippen molar-refractivity contribution >= 4 is 23.5 Å². The fourth-order valence-electron chi connectivity index (χ4n) is 2.30. The number of nitrogens with one attached hydrogen (secondary N) is 3. The number of hydrogen-bond donors (Lipinski definition) is 3. The Morgan fingerprint density at radius 3 is 2.78 bits per heavy atom. The van der Waals surface area contributed by atoms with Crippen molar-refractivity contribution in [3.63, 3.8) is 0 Å². The smallest absolute Gasteiger partial charge is 0.186 e. The van der Waals surface area contributed by atoms with Crippen LogP contribution >= 0.6 is 12.2 Å². The average molecular weight is 332 g/mol. The van der Waals surface area contributed by atoms with Crippen LogP contribution in [0.1, 0.15) is 17.5 Å². The molecule has 6 nitrogen and oxygen atoms in total. The lowest BCUT2D eigenvalue weighted by molar-refractivity contribution is -0.908. The first-order valence-corrected chi connectivity index (χ1v) is 8.17. The van der Waals surface area contributed by atoms with E-state index in [0.717, 1.165) is 51.4 Å². The summed E-state index contributed by atoms with van der Waals surface area (Å²) in [5, 5.41) is 16.5. The molecule has 1 aliphatic heterocycles. The zero-order valence-electron chi connectivity index (χ0n) is 13.0. The van der Waals surface area contributed by atoms with E-state index in [1.54, 1.807) is 23.2 Å². The highest BCUT2D eigenvalue weighted by molar-refractivity contribution is 7.80. The van der Waals surface area contributed by atoms with Crippen LogP contribution < -0.4 is 15.6 Å². The van der Waals surface area contributed by atoms with E-state index in [0.29, 0.717) is 10.7 Å². The number of nitrogens with zero attached hydrogens (tertiary/aromatic N) is 2. The van der Waals surface area contributed by atoms with E-state index < -0.39 is 0 Å². The second-order valence-corrected chi connectivity index (χ2v) is 5.73. The van der Waals surface area contributed by atoms with Crippen LogP contribution in [0.2, 0.25) is 0 Å². The summed E-state index contributed by atoms with van der Waals surface area (Å²) in [6.07, 6.45) is 2.74. The van der Waals surface area contributed by atoms with Crippen molar-refractivity contribution in [3.05, 3.63) is 35.4 Å². The first-order valence-electron chi connectivity index (χ1n) is 7.76. The molecule has 0 saturated carbocycles. The molecule has 1 aromatic rings. The number of quaternary nitrogens is 1. The van der Waals surface area contributed by atoms with E-state index in [-0.39, 0.29) is 0 Å². The molecule has 1 aromatic carbocycles. The van der Waals surface area contributed by atoms with Crippen molar-refractivity contribution in [1.82, 2.24) is 10.7 Å². The van der Waals surface area contributed by atoms with Gasteiger partial charge in [0.2, 0.25) is 0 Å². The molecule has 1 saturated heterocycles. The Kier molecular flexibility index (Phi) is 7.46. The minimum absolute atomic E-state index is 0.520. The number of benzene rings is 1. The van der Waals surface area contributed by atoms with Gasteiger partial charge in [-0.3, -0.25) is 5.43 Å². The molecule has 0 bridgehead atoms. The number of nitriles is 1. The van der Waals surface area contributed by atoms with Gasteiger partial charge in [-0.15, -0.1) is 0 Å². The zero-order valence-corrected chi connectivity index (χ0v) is 13.9. The molecular formula is C16H22N5OS+. The van der Waals surface area contributed by atoms with E-state index in [4.69, 9.17) is 22.2 Å². The lowest BCUT2D eigenvalue weighted by atomic mass is 10.2. The summed E-state index contributed by atoms with van der Waals surface area (Å²) in [5.41, 5.74) is 4.34. The van der Waals surface area contributed by atoms with Crippen LogP contribution in [0.4, 0.5) is 0 Å². The summed E-state index contributed by atoms with van der Waals surface area (Å²) < 4.78 is 5.34. The van der Waals surface area contributed by atoms with Crippen LogP contribution in [0, 0.1) is 11.3 Å². The molecule has 0 atom stereocenters. The first kappa shape index (κ1) is 17.3. The Bertz CT molecular complexity index is 561. The van der Waals surface area contributed by atoms with Crippen molar-refractivity contribution in [3.8, 4) is 6.07 Å². The maximum atomic E-state index is 8.73. The summed E-state index contributed by atoms with van der Waals surface area (Å²) in [7, 11) is 0. The molecule has 23 heavy (non-hydrogen) atoms. The van der Waals surface area contributed by atoms with Crippen molar-refractivity contribution in [2.45, 2.75) is 6.42 Å². The van der Waals surface area contributed by atoms with Crippen LogP contribution in [0.3, 0.4) is 0 Å². The van der Waals surface area contributed by atoms with E-state index in [2.05, 4.69) is 21.9 Å². The van der Waals surface area contributed by atoms with E-state index in [9.17, 15) is 0 Å². The lowest BCUT2D eigenvalue weighted by Crippen LogP contribution is -3.14. The van der Waals surface area contributed by atoms with Gasteiger partial charge in [0, 0.05) is 13.0 Å². The molecular weight excluding hydrogens is 310 g/mol. The normalized spacial score (nSPS) is 15.3. The predicted octanol–water partition coefficient (Wildman–Crippen LogP) is -0.339. The molecule has 7 heteroatoms. The maximum Gasteiger partial charge on any atom is 0.186 e. The van der Waals surface area contributed by atoms with Gasteiger partial charge in [-0.05, 0) is 29.9 Å². The third-order valence-electron chi connectivity index (χ3n) is 3.61. The first-order chi connectivity index (χ1) is 11.3. The maximum absolute atomic E-state index is 8.73. The van der Waals surface area contributed by atoms with E-state index in [1.165, 1.54) is 0 Å². The minimum Gasteiger partial charge on any atom is -0.370 e. The van der Waals surface area contributed by atoms with Gasteiger partial charge >= 0.3 is 0 Å². The molecule has 1 fully saturated rings. The molecule has 1 aliphatic rings. The summed E-state index contributed by atoms with van der Waals surface area (Å²) in [6.45, 7) is 5.89. The van der Waals surface area contributed by atoms with Crippen LogP contribution in [-0.2, 0) is 4.74 Å². The van der Waals surface area contributed by atoms with Gasteiger partial charge in [0.05, 0.1) is 37.6 Å². The van der Waals surface area contributed by atoms with Gasteiger partial charge in [-0.1, -0.05) is 12.1 Å². The van der Waals surface area contributed by atoms with Crippen LogP contribution in [0.15, 0.2) is 29.4 Å². The quantitative estimate of drug-likeness (QED) is 0.288. The highest BCUT2D eigenvalue weighted by Crippen LogP contribution is 2.00. The van der Waals surface area contributed by atoms with Gasteiger partial charge in [0.15, 0.2) is 5.11 Å². The van der Waals surface area contributed by atoms with Gasteiger partial charge in [0.1, 0.15) is 13.1 Å². The predicted molar refractivity (Wildman–Crippen MR) is 93.5 cm³/mol. The summed E-state index contributed by atoms with van der Waals surface area (Å²) in [4.78, 5) is 1.59. The van der Waals surface area contributed by atoms with Crippen LogP contribution in [-0.4, -0.2) is 50.7 Å². The number of morpholine rings is 1. The van der Waals surface area contributed by atoms with Gasteiger partial charge in [-0.25, -0.2) is 0 Å². The Balaban J connectivity index is 1.58. The molecule has 1 heterocycles. The van der Waals surface area contributed by atoms with E-state index in [1.807, 2.05) is 12.1 Å². The molecule has 0 aromatic heterocycles. The standard InChI is InChI=1S/C16H21N5OS/c17-12-14-2-4-15(5-3-14)13-19-20-16(23)18-6-1-7-21-8-10-22-11-9-21/h2-5,13H,1,6-11H2,(H2,18,20,23)/p+1/b19-13-. The Hall–Kier alpha value is -2.01. The van der Waals surface area contributed by atoms with Crippen LogP contribution in [0.5, 0.6) is 0 Å². The summed E-state index contributed by atoms with van der Waals surface area (Å²) in [6, 6.07) is 9.27. The van der Waals surface area contributed by atoms with Crippen molar-refractivity contribution < 1.29 is 9.64 Å². The molecule has 0 spiro atoms. The molecule has 0 unspecified atom stereocenters. The van der Waals surface area contributed by atoms with Gasteiger partial charge in [0.25, 0.3) is 0 Å². The minimum atomic E-state index is 0.520. The molecule has 122 valence electrons. The lowest BCUT2D eigenvalue weighted by Gasteiger charge is -2.23. The third-order valence-corrected chi connectivity index (χ3v) is 3.85. The van der Waals surface area contributed by atoms with Crippen molar-refractivity contribution in [1.29, 1.82) is 5.26 Å². The van der Waals surface area contributed by atoms with Crippen LogP contribution in [0.25, 0.3) is 0 Å². The number of hydrazone groups is 1. The fourth-order valence-corrected chi connectivity index (χ4v) is 2.45. The molecule has 3 N–H and O–H groups in total. The Morgan fingerprint density at radius 2 is 2.09 bits per heavy atom. The second kappa shape index (κ2) is 9.90. The Morgan fingerprint density at radius 1 is 1.35 bits per heavy atom. The number of rotatable bonds is 6. The number of thiocarbonyl (C=S) groups is 1. The number of ether oxygens (including phenoxy) is 1. The highest BCUT2D eigenvalue weighted by atomic mass is 32.1.